The second kappa shape index (κ2) is 16.9. The van der Waals surface area contributed by atoms with Crippen LogP contribution in [0.15, 0.2) is 89.9 Å². The monoisotopic (exact) mass is 542 g/mol. The third kappa shape index (κ3) is 10.6. The minimum absolute atomic E-state index is 0.0215. The summed E-state index contributed by atoms with van der Waals surface area (Å²) in [6.07, 6.45) is 7.23. The summed E-state index contributed by atoms with van der Waals surface area (Å²) in [5.41, 5.74) is 2.28. The maximum atomic E-state index is 12.9. The van der Waals surface area contributed by atoms with Gasteiger partial charge in [0.15, 0.2) is 5.96 Å². The van der Waals surface area contributed by atoms with Crippen molar-refractivity contribution in [2.75, 3.05) is 26.2 Å². The molecule has 0 aliphatic carbocycles. The molecule has 3 N–H and O–H groups in total. The van der Waals surface area contributed by atoms with Crippen LogP contribution >= 0.6 is 0 Å². The lowest BCUT2D eigenvalue weighted by atomic mass is 10.1. The molecule has 1 aliphatic rings. The highest BCUT2D eigenvalue weighted by Gasteiger charge is 2.21. The van der Waals surface area contributed by atoms with Gasteiger partial charge in [0, 0.05) is 19.5 Å². The van der Waals surface area contributed by atoms with Crippen molar-refractivity contribution in [3.8, 4) is 11.5 Å². The van der Waals surface area contributed by atoms with Gasteiger partial charge in [0.25, 0.3) is 0 Å². The SMILES string of the molecule is O=C(NCCCCCCCCOc1ccc(OCc2ccccc2)cc1)[C@H](Cc1ccccc1)NC1=NCCN1. The lowest BCUT2D eigenvalue weighted by molar-refractivity contribution is -0.122. The number of nitrogens with zero attached hydrogens (tertiary/aromatic N) is 1. The molecule has 0 bridgehead atoms. The molecule has 7 nitrogen and oxygen atoms in total. The van der Waals surface area contributed by atoms with Gasteiger partial charge in [-0.15, -0.1) is 0 Å². The predicted molar refractivity (Wildman–Crippen MR) is 161 cm³/mol. The Labute approximate surface area is 238 Å². The Morgan fingerprint density at radius 3 is 2.08 bits per heavy atom. The molecule has 0 saturated carbocycles. The van der Waals surface area contributed by atoms with Gasteiger partial charge < -0.3 is 25.4 Å². The molecular formula is C33H42N4O3. The maximum absolute atomic E-state index is 12.9. The van der Waals surface area contributed by atoms with E-state index in [9.17, 15) is 4.79 Å². The first kappa shape index (κ1) is 29.0. The number of nitrogens with one attached hydrogen (secondary N) is 3. The Balaban J connectivity index is 1.02. The van der Waals surface area contributed by atoms with Crippen molar-refractivity contribution in [3.05, 3.63) is 96.1 Å². The van der Waals surface area contributed by atoms with E-state index in [-0.39, 0.29) is 11.9 Å². The summed E-state index contributed by atoms with van der Waals surface area (Å²) in [6, 6.07) is 27.8. The van der Waals surface area contributed by atoms with E-state index in [0.717, 1.165) is 74.4 Å². The number of rotatable bonds is 17. The van der Waals surface area contributed by atoms with E-state index in [1.54, 1.807) is 0 Å². The van der Waals surface area contributed by atoms with Crippen LogP contribution < -0.4 is 25.4 Å². The zero-order valence-corrected chi connectivity index (χ0v) is 23.3. The highest BCUT2D eigenvalue weighted by molar-refractivity contribution is 5.89. The second-order valence-corrected chi connectivity index (χ2v) is 10.1. The summed E-state index contributed by atoms with van der Waals surface area (Å²) in [5.74, 6) is 2.45. The van der Waals surface area contributed by atoms with Gasteiger partial charge in [-0.05, 0) is 48.2 Å². The van der Waals surface area contributed by atoms with Crippen LogP contribution in [0, 0.1) is 0 Å². The van der Waals surface area contributed by atoms with Gasteiger partial charge in [-0.2, -0.15) is 0 Å². The van der Waals surface area contributed by atoms with Gasteiger partial charge in [0.05, 0.1) is 13.2 Å². The largest absolute Gasteiger partial charge is 0.494 e. The fourth-order valence-electron chi connectivity index (χ4n) is 4.55. The van der Waals surface area contributed by atoms with E-state index in [0.29, 0.717) is 25.5 Å². The highest BCUT2D eigenvalue weighted by Crippen LogP contribution is 2.19. The molecule has 0 radical (unpaired) electrons. The molecule has 3 aromatic carbocycles. The van der Waals surface area contributed by atoms with Crippen molar-refractivity contribution in [2.24, 2.45) is 4.99 Å². The third-order valence-corrected chi connectivity index (χ3v) is 6.80. The first-order valence-electron chi connectivity index (χ1n) is 14.5. The molecule has 0 unspecified atom stereocenters. The van der Waals surface area contributed by atoms with Crippen LogP contribution in [-0.4, -0.2) is 44.1 Å². The van der Waals surface area contributed by atoms with E-state index in [1.165, 1.54) is 6.42 Å². The maximum Gasteiger partial charge on any atom is 0.242 e. The Bertz CT molecular complexity index is 1150. The van der Waals surface area contributed by atoms with Crippen molar-refractivity contribution in [2.45, 2.75) is 57.6 Å². The average molecular weight is 543 g/mol. The minimum atomic E-state index is -0.343. The smallest absolute Gasteiger partial charge is 0.242 e. The summed E-state index contributed by atoms with van der Waals surface area (Å²) in [5, 5.41) is 9.59. The van der Waals surface area contributed by atoms with Crippen LogP contribution in [0.1, 0.15) is 49.7 Å². The number of benzene rings is 3. The van der Waals surface area contributed by atoms with Gasteiger partial charge in [0.1, 0.15) is 24.1 Å². The van der Waals surface area contributed by atoms with Crippen molar-refractivity contribution < 1.29 is 14.3 Å². The van der Waals surface area contributed by atoms with Crippen LogP contribution in [0.4, 0.5) is 0 Å². The van der Waals surface area contributed by atoms with Crippen LogP contribution in [0.5, 0.6) is 11.5 Å². The van der Waals surface area contributed by atoms with Crippen LogP contribution in [0.3, 0.4) is 0 Å². The Hall–Kier alpha value is -4.00. The number of carbonyl (C=O) groups is 1. The van der Waals surface area contributed by atoms with Gasteiger partial charge in [-0.25, -0.2) is 0 Å². The molecule has 1 atom stereocenters. The number of hydrogen-bond acceptors (Lipinski definition) is 6. The third-order valence-electron chi connectivity index (χ3n) is 6.80. The van der Waals surface area contributed by atoms with Crippen molar-refractivity contribution in [1.29, 1.82) is 0 Å². The van der Waals surface area contributed by atoms with Crippen LogP contribution in [0.25, 0.3) is 0 Å². The van der Waals surface area contributed by atoms with E-state index in [2.05, 4.69) is 45.2 Å². The van der Waals surface area contributed by atoms with Crippen molar-refractivity contribution in [3.63, 3.8) is 0 Å². The molecule has 1 aliphatic heterocycles. The molecule has 0 aromatic heterocycles. The van der Waals surface area contributed by atoms with E-state index < -0.39 is 0 Å². The number of unbranched alkanes of at least 4 members (excludes halogenated alkanes) is 5. The van der Waals surface area contributed by atoms with Crippen molar-refractivity contribution in [1.82, 2.24) is 16.0 Å². The first-order valence-corrected chi connectivity index (χ1v) is 14.5. The Morgan fingerprint density at radius 1 is 0.775 bits per heavy atom. The zero-order chi connectivity index (χ0) is 27.7. The molecule has 4 rings (SSSR count). The minimum Gasteiger partial charge on any atom is -0.494 e. The summed E-state index contributed by atoms with van der Waals surface area (Å²) in [7, 11) is 0. The second-order valence-electron chi connectivity index (χ2n) is 10.1. The average Bonchev–Trinajstić information content (AvgIpc) is 3.51. The number of hydrogen-bond donors (Lipinski definition) is 3. The molecular weight excluding hydrogens is 500 g/mol. The molecule has 40 heavy (non-hydrogen) atoms. The Kier molecular flexibility index (Phi) is 12.2. The topological polar surface area (TPSA) is 84.0 Å². The normalized spacial score (nSPS) is 13.2. The molecule has 1 heterocycles. The zero-order valence-electron chi connectivity index (χ0n) is 23.3. The number of carbonyl (C=O) groups excluding carboxylic acids is 1. The molecule has 3 aromatic rings. The fraction of sp³-hybridized carbons (Fsp3) is 0.394. The molecule has 0 spiro atoms. The summed E-state index contributed by atoms with van der Waals surface area (Å²) in [4.78, 5) is 17.3. The standard InChI is InChI=1S/C33H42N4O3/c38-32(31(37-33-35-22-23-36-33)25-27-13-7-5-8-14-27)34-21-11-3-1-2-4-12-24-39-29-17-19-30(20-18-29)40-26-28-15-9-6-10-16-28/h5-10,13-20,31H,1-4,11-12,21-26H2,(H,34,38)(H2,35,36,37)/t31-/m0/s1. The molecule has 7 heteroatoms. The first-order chi connectivity index (χ1) is 19.8. The van der Waals surface area contributed by atoms with Crippen LogP contribution in [-0.2, 0) is 17.8 Å². The van der Waals surface area contributed by atoms with E-state index in [4.69, 9.17) is 9.47 Å². The predicted octanol–water partition coefficient (Wildman–Crippen LogP) is 5.26. The van der Waals surface area contributed by atoms with Gasteiger partial charge in [-0.3, -0.25) is 9.79 Å². The van der Waals surface area contributed by atoms with Gasteiger partial charge >= 0.3 is 0 Å². The molecule has 212 valence electrons. The number of guanidine groups is 1. The number of amides is 1. The van der Waals surface area contributed by atoms with Crippen LogP contribution in [0.2, 0.25) is 0 Å². The Morgan fingerprint density at radius 2 is 1.40 bits per heavy atom. The fourth-order valence-corrected chi connectivity index (χ4v) is 4.55. The summed E-state index contributed by atoms with van der Waals surface area (Å²) in [6.45, 7) is 3.53. The van der Waals surface area contributed by atoms with Gasteiger partial charge in [0.2, 0.25) is 5.91 Å². The van der Waals surface area contributed by atoms with Crippen molar-refractivity contribution >= 4 is 11.9 Å². The summed E-state index contributed by atoms with van der Waals surface area (Å²) >= 11 is 0. The molecule has 1 amide bonds. The van der Waals surface area contributed by atoms with E-state index in [1.807, 2.05) is 60.7 Å². The highest BCUT2D eigenvalue weighted by atomic mass is 16.5. The quantitative estimate of drug-likeness (QED) is 0.203. The molecule has 0 fully saturated rings. The number of aliphatic imine (C=N–C) groups is 1. The molecule has 0 saturated heterocycles. The van der Waals surface area contributed by atoms with E-state index >= 15 is 0 Å². The number of ether oxygens (including phenoxy) is 2. The lowest BCUT2D eigenvalue weighted by Crippen LogP contribution is -2.50. The summed E-state index contributed by atoms with van der Waals surface area (Å²) < 4.78 is 11.7. The van der Waals surface area contributed by atoms with Gasteiger partial charge in [-0.1, -0.05) is 86.3 Å². The lowest BCUT2D eigenvalue weighted by Gasteiger charge is -2.19.